The maximum atomic E-state index is 12.4. The van der Waals surface area contributed by atoms with E-state index in [2.05, 4.69) is 5.32 Å². The van der Waals surface area contributed by atoms with E-state index in [1.54, 1.807) is 12.1 Å². The summed E-state index contributed by atoms with van der Waals surface area (Å²) in [5, 5.41) is 2.98. The van der Waals surface area contributed by atoms with Gasteiger partial charge in [-0.3, -0.25) is 9.10 Å². The van der Waals surface area contributed by atoms with Gasteiger partial charge in [-0.1, -0.05) is 41.4 Å². The predicted octanol–water partition coefficient (Wildman–Crippen LogP) is 3.86. The van der Waals surface area contributed by atoms with Crippen LogP contribution in [0.4, 0.5) is 5.69 Å². The molecule has 0 heterocycles. The molecule has 0 aliphatic carbocycles. The minimum absolute atomic E-state index is 0.0376. The number of halogens is 2. The maximum Gasteiger partial charge on any atom is 0.241 e. The molecule has 1 N–H and O–H groups in total. The first kappa shape index (κ1) is 22.3. The molecular weight excluding hydrogens is 423 g/mol. The standard InChI is InChI=1S/C19H22Cl2N2O4S/c1-13(2)27-15-7-4-6-14(10-15)11-22-18(24)12-23(28(3,25)26)17-9-5-8-16(20)19(17)21/h4-10,13H,11-12H2,1-3H3,(H,22,24). The fourth-order valence-corrected chi connectivity index (χ4v) is 3.76. The first-order valence-electron chi connectivity index (χ1n) is 8.52. The van der Waals surface area contributed by atoms with Crippen LogP contribution in [0.15, 0.2) is 42.5 Å². The topological polar surface area (TPSA) is 75.7 Å². The Hall–Kier alpha value is -1.96. The third-order valence-corrected chi connectivity index (χ3v) is 5.58. The minimum atomic E-state index is -3.75. The van der Waals surface area contributed by atoms with Gasteiger partial charge < -0.3 is 10.1 Å². The molecule has 2 aromatic rings. The Morgan fingerprint density at radius 2 is 1.86 bits per heavy atom. The Bertz CT molecular complexity index is 949. The summed E-state index contributed by atoms with van der Waals surface area (Å²) in [5.41, 5.74) is 0.984. The number of hydrogen-bond donors (Lipinski definition) is 1. The van der Waals surface area contributed by atoms with Crippen LogP contribution < -0.4 is 14.4 Å². The number of hydrogen-bond acceptors (Lipinski definition) is 4. The Balaban J connectivity index is 2.10. The van der Waals surface area contributed by atoms with Crippen molar-refractivity contribution in [1.82, 2.24) is 5.32 Å². The molecule has 0 aliphatic rings. The van der Waals surface area contributed by atoms with Gasteiger partial charge in [0, 0.05) is 6.54 Å². The molecule has 2 aromatic carbocycles. The van der Waals surface area contributed by atoms with E-state index < -0.39 is 22.5 Å². The van der Waals surface area contributed by atoms with Gasteiger partial charge in [-0.2, -0.15) is 0 Å². The number of ether oxygens (including phenoxy) is 1. The van der Waals surface area contributed by atoms with Crippen LogP contribution in [0.25, 0.3) is 0 Å². The molecule has 152 valence electrons. The molecule has 0 aromatic heterocycles. The summed E-state index contributed by atoms with van der Waals surface area (Å²) >= 11 is 12.1. The van der Waals surface area contributed by atoms with E-state index in [0.717, 1.165) is 16.1 Å². The van der Waals surface area contributed by atoms with Crippen molar-refractivity contribution in [2.75, 3.05) is 17.1 Å². The molecule has 0 unspecified atom stereocenters. The highest BCUT2D eigenvalue weighted by atomic mass is 35.5. The average molecular weight is 445 g/mol. The Labute approximate surface area is 175 Å². The lowest BCUT2D eigenvalue weighted by Gasteiger charge is -2.23. The molecule has 2 rings (SSSR count). The Morgan fingerprint density at radius 3 is 2.50 bits per heavy atom. The number of amides is 1. The second kappa shape index (κ2) is 9.49. The van der Waals surface area contributed by atoms with Gasteiger partial charge in [0.1, 0.15) is 12.3 Å². The predicted molar refractivity (Wildman–Crippen MR) is 113 cm³/mol. The highest BCUT2D eigenvalue weighted by Gasteiger charge is 2.23. The molecule has 0 radical (unpaired) electrons. The number of nitrogens with zero attached hydrogens (tertiary/aromatic N) is 1. The second-order valence-corrected chi connectivity index (χ2v) is 9.13. The van der Waals surface area contributed by atoms with Crippen LogP contribution in [0.2, 0.25) is 10.0 Å². The van der Waals surface area contributed by atoms with Crippen LogP contribution in [-0.2, 0) is 21.4 Å². The van der Waals surface area contributed by atoms with E-state index in [0.29, 0.717) is 5.75 Å². The lowest BCUT2D eigenvalue weighted by Crippen LogP contribution is -2.40. The molecular formula is C19H22Cl2N2O4S. The van der Waals surface area contributed by atoms with Gasteiger partial charge in [-0.05, 0) is 43.7 Å². The number of carbonyl (C=O) groups excluding carboxylic acids is 1. The molecule has 0 atom stereocenters. The lowest BCUT2D eigenvalue weighted by atomic mass is 10.2. The molecule has 0 saturated carbocycles. The number of anilines is 1. The average Bonchev–Trinajstić information content (AvgIpc) is 2.59. The first-order valence-corrected chi connectivity index (χ1v) is 11.1. The maximum absolute atomic E-state index is 12.4. The smallest absolute Gasteiger partial charge is 0.241 e. The van der Waals surface area contributed by atoms with Gasteiger partial charge in [0.05, 0.1) is 28.1 Å². The molecule has 6 nitrogen and oxygen atoms in total. The van der Waals surface area contributed by atoms with Crippen LogP contribution in [0.3, 0.4) is 0 Å². The van der Waals surface area contributed by atoms with Gasteiger partial charge in [0.25, 0.3) is 0 Å². The molecule has 0 fully saturated rings. The van der Waals surface area contributed by atoms with Crippen LogP contribution >= 0.6 is 23.2 Å². The largest absolute Gasteiger partial charge is 0.491 e. The van der Waals surface area contributed by atoms with Crippen LogP contribution in [-0.4, -0.2) is 33.2 Å². The van der Waals surface area contributed by atoms with E-state index in [1.807, 2.05) is 38.1 Å². The van der Waals surface area contributed by atoms with Crippen LogP contribution in [0.5, 0.6) is 5.75 Å². The van der Waals surface area contributed by atoms with Crippen molar-refractivity contribution in [2.45, 2.75) is 26.5 Å². The van der Waals surface area contributed by atoms with Crippen molar-refractivity contribution in [3.8, 4) is 5.75 Å². The van der Waals surface area contributed by atoms with Crippen molar-refractivity contribution < 1.29 is 17.9 Å². The van der Waals surface area contributed by atoms with E-state index >= 15 is 0 Å². The SMILES string of the molecule is CC(C)Oc1cccc(CNC(=O)CN(c2cccc(Cl)c2Cl)S(C)(=O)=O)c1. The molecule has 0 spiro atoms. The Kier molecular flexibility index (Phi) is 7.57. The molecule has 0 bridgehead atoms. The van der Waals surface area contributed by atoms with E-state index in [-0.39, 0.29) is 28.4 Å². The highest BCUT2D eigenvalue weighted by molar-refractivity contribution is 7.92. The quantitative estimate of drug-likeness (QED) is 0.670. The normalized spacial score (nSPS) is 11.4. The van der Waals surface area contributed by atoms with Crippen molar-refractivity contribution in [1.29, 1.82) is 0 Å². The zero-order chi connectivity index (χ0) is 20.9. The molecule has 0 aliphatic heterocycles. The van der Waals surface area contributed by atoms with Crippen molar-refractivity contribution >= 4 is 44.8 Å². The second-order valence-electron chi connectivity index (χ2n) is 6.43. The third kappa shape index (κ3) is 6.29. The molecule has 0 saturated heterocycles. The van der Waals surface area contributed by atoms with Crippen molar-refractivity contribution in [3.05, 3.63) is 58.1 Å². The number of rotatable bonds is 8. The fraction of sp³-hybridized carbons (Fsp3) is 0.316. The summed E-state index contributed by atoms with van der Waals surface area (Å²) in [6, 6.07) is 11.9. The number of benzene rings is 2. The zero-order valence-electron chi connectivity index (χ0n) is 15.8. The van der Waals surface area contributed by atoms with Crippen LogP contribution in [0, 0.1) is 0 Å². The van der Waals surface area contributed by atoms with Gasteiger partial charge in [0.2, 0.25) is 15.9 Å². The number of sulfonamides is 1. The Morgan fingerprint density at radius 1 is 1.18 bits per heavy atom. The van der Waals surface area contributed by atoms with E-state index in [1.165, 1.54) is 6.07 Å². The van der Waals surface area contributed by atoms with Crippen LogP contribution in [0.1, 0.15) is 19.4 Å². The number of carbonyl (C=O) groups is 1. The van der Waals surface area contributed by atoms with Gasteiger partial charge in [-0.15, -0.1) is 0 Å². The molecule has 9 heteroatoms. The summed E-state index contributed by atoms with van der Waals surface area (Å²) < 4.78 is 30.9. The summed E-state index contributed by atoms with van der Waals surface area (Å²) in [6.45, 7) is 3.67. The van der Waals surface area contributed by atoms with Crippen molar-refractivity contribution in [2.24, 2.45) is 0 Å². The third-order valence-electron chi connectivity index (χ3n) is 3.65. The first-order chi connectivity index (χ1) is 13.1. The fourth-order valence-electron chi connectivity index (χ4n) is 2.45. The van der Waals surface area contributed by atoms with Gasteiger partial charge in [-0.25, -0.2) is 8.42 Å². The lowest BCUT2D eigenvalue weighted by molar-refractivity contribution is -0.119. The zero-order valence-corrected chi connectivity index (χ0v) is 18.1. The van der Waals surface area contributed by atoms with E-state index in [4.69, 9.17) is 27.9 Å². The van der Waals surface area contributed by atoms with Crippen molar-refractivity contribution in [3.63, 3.8) is 0 Å². The van der Waals surface area contributed by atoms with Gasteiger partial charge >= 0.3 is 0 Å². The highest BCUT2D eigenvalue weighted by Crippen LogP contribution is 2.33. The van der Waals surface area contributed by atoms with E-state index in [9.17, 15) is 13.2 Å². The summed E-state index contributed by atoms with van der Waals surface area (Å²) in [4.78, 5) is 12.4. The molecule has 1 amide bonds. The molecule has 28 heavy (non-hydrogen) atoms. The minimum Gasteiger partial charge on any atom is -0.491 e. The summed E-state index contributed by atoms with van der Waals surface area (Å²) in [7, 11) is -3.75. The monoisotopic (exact) mass is 444 g/mol. The van der Waals surface area contributed by atoms with Gasteiger partial charge in [0.15, 0.2) is 0 Å². The summed E-state index contributed by atoms with van der Waals surface area (Å²) in [6.07, 6.45) is 1.04. The summed E-state index contributed by atoms with van der Waals surface area (Å²) in [5.74, 6) is 0.224. The number of nitrogens with one attached hydrogen (secondary N) is 1.